The molecule has 1 aromatic carbocycles. The minimum Gasteiger partial charge on any atom is -0.336 e. The molecule has 0 aromatic heterocycles. The normalized spacial score (nSPS) is 27.7. The number of rotatable bonds is 5. The van der Waals surface area contributed by atoms with E-state index in [-0.39, 0.29) is 17.9 Å². The van der Waals surface area contributed by atoms with E-state index in [4.69, 9.17) is 0 Å². The number of amides is 2. The summed E-state index contributed by atoms with van der Waals surface area (Å²) in [5.74, 6) is 0.885. The van der Waals surface area contributed by atoms with E-state index in [0.717, 1.165) is 30.5 Å². The predicted molar refractivity (Wildman–Crippen MR) is 102 cm³/mol. The Morgan fingerprint density at radius 2 is 1.85 bits per heavy atom. The van der Waals surface area contributed by atoms with Crippen molar-refractivity contribution in [2.75, 3.05) is 5.32 Å². The molecule has 2 N–H and O–H groups in total. The van der Waals surface area contributed by atoms with Crippen LogP contribution in [0.1, 0.15) is 57.4 Å². The van der Waals surface area contributed by atoms with Gasteiger partial charge >= 0.3 is 0 Å². The second-order valence-corrected chi connectivity index (χ2v) is 8.17. The van der Waals surface area contributed by atoms with Crippen LogP contribution in [0.5, 0.6) is 0 Å². The Balaban J connectivity index is 1.32. The molecule has 3 atom stereocenters. The average Bonchev–Trinajstić information content (AvgIpc) is 3.37. The number of anilines is 1. The van der Waals surface area contributed by atoms with E-state index in [1.807, 2.05) is 29.2 Å². The van der Waals surface area contributed by atoms with E-state index in [1.165, 1.54) is 25.7 Å². The van der Waals surface area contributed by atoms with Crippen LogP contribution in [0.15, 0.2) is 24.3 Å². The van der Waals surface area contributed by atoms with Gasteiger partial charge in [0.1, 0.15) is 0 Å². The smallest absolute Gasteiger partial charge is 0.241 e. The van der Waals surface area contributed by atoms with Crippen molar-refractivity contribution >= 4 is 17.5 Å². The number of fused-ring (bicyclic) bond motifs is 1. The van der Waals surface area contributed by atoms with E-state index in [1.54, 1.807) is 6.92 Å². The molecular weight excluding hydrogens is 326 g/mol. The van der Waals surface area contributed by atoms with Gasteiger partial charge in [-0.2, -0.15) is 0 Å². The van der Waals surface area contributed by atoms with E-state index >= 15 is 0 Å². The minimum absolute atomic E-state index is 0.0640. The molecule has 2 aliphatic carbocycles. The summed E-state index contributed by atoms with van der Waals surface area (Å²) in [4.78, 5) is 26.3. The van der Waals surface area contributed by atoms with Crippen molar-refractivity contribution in [2.45, 2.75) is 76.5 Å². The third-order valence-electron chi connectivity index (χ3n) is 6.15. The lowest BCUT2D eigenvalue weighted by Crippen LogP contribution is -2.39. The second-order valence-electron chi connectivity index (χ2n) is 8.17. The second kappa shape index (κ2) is 7.39. The highest BCUT2D eigenvalue weighted by molar-refractivity contribution is 5.95. The van der Waals surface area contributed by atoms with Crippen LogP contribution in [0.4, 0.5) is 5.69 Å². The molecule has 3 aliphatic rings. The van der Waals surface area contributed by atoms with Crippen molar-refractivity contribution in [3.8, 4) is 0 Å². The van der Waals surface area contributed by atoms with Crippen LogP contribution >= 0.6 is 0 Å². The molecule has 2 saturated carbocycles. The molecule has 140 valence electrons. The molecule has 4 rings (SSSR count). The first kappa shape index (κ1) is 17.5. The quantitative estimate of drug-likeness (QED) is 0.853. The number of nitrogens with zero attached hydrogens (tertiary/aromatic N) is 1. The van der Waals surface area contributed by atoms with Crippen molar-refractivity contribution in [3.05, 3.63) is 29.8 Å². The predicted octanol–water partition coefficient (Wildman–Crippen LogP) is 3.06. The van der Waals surface area contributed by atoms with Crippen molar-refractivity contribution < 1.29 is 9.59 Å². The zero-order valence-corrected chi connectivity index (χ0v) is 15.5. The first-order valence-electron chi connectivity index (χ1n) is 10.0. The van der Waals surface area contributed by atoms with Gasteiger partial charge in [-0.1, -0.05) is 25.0 Å². The molecule has 1 aromatic rings. The lowest BCUT2D eigenvalue weighted by molar-refractivity contribution is -0.130. The van der Waals surface area contributed by atoms with Gasteiger partial charge in [-0.05, 0) is 55.7 Å². The molecule has 0 spiro atoms. The van der Waals surface area contributed by atoms with Gasteiger partial charge in [0.2, 0.25) is 11.8 Å². The Bertz CT molecular complexity index is 654. The van der Waals surface area contributed by atoms with Crippen LogP contribution in [-0.4, -0.2) is 34.8 Å². The van der Waals surface area contributed by atoms with Crippen LogP contribution < -0.4 is 10.6 Å². The van der Waals surface area contributed by atoms with E-state index < -0.39 is 0 Å². The third kappa shape index (κ3) is 3.93. The summed E-state index contributed by atoms with van der Waals surface area (Å²) in [6.07, 6.45) is 8.23. The van der Waals surface area contributed by atoms with E-state index in [2.05, 4.69) is 10.6 Å². The summed E-state index contributed by atoms with van der Waals surface area (Å²) in [5, 5.41) is 6.58. The van der Waals surface area contributed by atoms with E-state index in [0.29, 0.717) is 24.5 Å². The fourth-order valence-corrected chi connectivity index (χ4v) is 4.52. The van der Waals surface area contributed by atoms with Crippen LogP contribution in [0.2, 0.25) is 0 Å². The fourth-order valence-electron chi connectivity index (χ4n) is 4.52. The summed E-state index contributed by atoms with van der Waals surface area (Å²) >= 11 is 0. The molecule has 5 heteroatoms. The van der Waals surface area contributed by atoms with Crippen molar-refractivity contribution in [1.29, 1.82) is 0 Å². The Hall–Kier alpha value is -1.88. The Morgan fingerprint density at radius 3 is 2.50 bits per heavy atom. The molecule has 2 amide bonds. The molecular formula is C21H29N3O2. The van der Waals surface area contributed by atoms with Gasteiger partial charge in [-0.15, -0.1) is 0 Å². The summed E-state index contributed by atoms with van der Waals surface area (Å²) in [6.45, 7) is 2.29. The Labute approximate surface area is 155 Å². The molecule has 0 bridgehead atoms. The van der Waals surface area contributed by atoms with Gasteiger partial charge < -0.3 is 15.5 Å². The van der Waals surface area contributed by atoms with Crippen molar-refractivity contribution in [1.82, 2.24) is 10.2 Å². The zero-order valence-electron chi connectivity index (χ0n) is 15.5. The first-order chi connectivity index (χ1) is 12.6. The van der Waals surface area contributed by atoms with Crippen LogP contribution in [0.25, 0.3) is 0 Å². The highest BCUT2D eigenvalue weighted by Crippen LogP contribution is 2.33. The minimum atomic E-state index is -0.0640. The molecule has 1 aliphatic heterocycles. The number of carbonyl (C=O) groups excluding carboxylic acids is 2. The Morgan fingerprint density at radius 1 is 1.12 bits per heavy atom. The molecule has 1 saturated heterocycles. The maximum atomic E-state index is 12.6. The monoisotopic (exact) mass is 355 g/mol. The van der Waals surface area contributed by atoms with Gasteiger partial charge in [0.15, 0.2) is 0 Å². The summed E-state index contributed by atoms with van der Waals surface area (Å²) in [7, 11) is 0. The topological polar surface area (TPSA) is 61.4 Å². The van der Waals surface area contributed by atoms with Gasteiger partial charge in [0.25, 0.3) is 0 Å². The van der Waals surface area contributed by atoms with Crippen molar-refractivity contribution in [3.63, 3.8) is 0 Å². The lowest BCUT2D eigenvalue weighted by atomic mass is 9.85. The molecule has 3 fully saturated rings. The molecule has 3 unspecified atom stereocenters. The largest absolute Gasteiger partial charge is 0.336 e. The fraction of sp³-hybridized carbons (Fsp3) is 0.619. The zero-order chi connectivity index (χ0) is 18.1. The summed E-state index contributed by atoms with van der Waals surface area (Å²) < 4.78 is 0. The van der Waals surface area contributed by atoms with Gasteiger partial charge in [0.05, 0.1) is 6.04 Å². The number of nitrogens with one attached hydrogen (secondary N) is 2. The first-order valence-corrected chi connectivity index (χ1v) is 10.0. The highest BCUT2D eigenvalue weighted by Gasteiger charge is 2.38. The number of benzene rings is 1. The van der Waals surface area contributed by atoms with E-state index in [9.17, 15) is 9.59 Å². The maximum Gasteiger partial charge on any atom is 0.241 e. The maximum absolute atomic E-state index is 12.6. The Kier molecular flexibility index (Phi) is 4.98. The van der Waals surface area contributed by atoms with Gasteiger partial charge in [0, 0.05) is 31.2 Å². The lowest BCUT2D eigenvalue weighted by Gasteiger charge is -2.24. The van der Waals surface area contributed by atoms with Crippen LogP contribution in [0.3, 0.4) is 0 Å². The van der Waals surface area contributed by atoms with Crippen LogP contribution in [0, 0.1) is 5.92 Å². The number of carbonyl (C=O) groups is 2. The molecule has 5 nitrogen and oxygen atoms in total. The van der Waals surface area contributed by atoms with Gasteiger partial charge in [-0.3, -0.25) is 9.59 Å². The standard InChI is InChI=1S/C21H29N3O2/c1-14(25)24(18-10-11-18)13-15-6-8-17(9-7-15)22-21(26)20-12-16-4-2-3-5-19(16)23-20/h6-9,16,18-20,23H,2-5,10-13H2,1H3,(H,22,26). The molecule has 1 heterocycles. The van der Waals surface area contributed by atoms with Crippen LogP contribution in [-0.2, 0) is 16.1 Å². The SMILES string of the molecule is CC(=O)N(Cc1ccc(NC(=O)C2CC3CCCCC3N2)cc1)C1CC1. The number of hydrogen-bond acceptors (Lipinski definition) is 3. The summed E-state index contributed by atoms with van der Waals surface area (Å²) in [6, 6.07) is 8.79. The third-order valence-corrected chi connectivity index (χ3v) is 6.15. The molecule has 0 radical (unpaired) electrons. The summed E-state index contributed by atoms with van der Waals surface area (Å²) in [5.41, 5.74) is 1.94. The average molecular weight is 355 g/mol. The van der Waals surface area contributed by atoms with Gasteiger partial charge in [-0.25, -0.2) is 0 Å². The highest BCUT2D eigenvalue weighted by atomic mass is 16.2. The number of hydrogen-bond donors (Lipinski definition) is 2. The molecule has 26 heavy (non-hydrogen) atoms. The van der Waals surface area contributed by atoms with Crippen molar-refractivity contribution in [2.24, 2.45) is 5.92 Å².